The molecule has 4 nitrogen and oxygen atoms in total. The lowest BCUT2D eigenvalue weighted by molar-refractivity contribution is 0.0423. The van der Waals surface area contributed by atoms with Crippen LogP contribution in [0, 0.1) is 0 Å². The molecule has 2 heterocycles. The molecule has 1 saturated heterocycles. The van der Waals surface area contributed by atoms with Crippen molar-refractivity contribution in [2.75, 3.05) is 13.2 Å². The molecule has 1 N–H and O–H groups in total. The summed E-state index contributed by atoms with van der Waals surface area (Å²) in [5.41, 5.74) is 0.344. The Morgan fingerprint density at radius 3 is 2.76 bits per heavy atom. The van der Waals surface area contributed by atoms with Crippen LogP contribution in [-0.4, -0.2) is 29.6 Å². The number of amides is 1. The third kappa shape index (κ3) is 3.17. The average molecular weight is 255 g/mol. The molecule has 1 amide bonds. The number of ether oxygens (including phenoxy) is 1. The van der Waals surface area contributed by atoms with Crippen molar-refractivity contribution < 1.29 is 9.53 Å². The summed E-state index contributed by atoms with van der Waals surface area (Å²) >= 11 is 5.68. The number of nitrogens with zero attached hydrogens (tertiary/aromatic N) is 1. The van der Waals surface area contributed by atoms with E-state index in [0.29, 0.717) is 23.9 Å². The number of carbonyl (C=O) groups is 1. The predicted octanol–water partition coefficient (Wildman–Crippen LogP) is 2.03. The zero-order chi connectivity index (χ0) is 12.3. The topological polar surface area (TPSA) is 51.2 Å². The molecule has 2 rings (SSSR count). The second-order valence-corrected chi connectivity index (χ2v) is 4.88. The molecule has 0 unspecified atom stereocenters. The zero-order valence-electron chi connectivity index (χ0n) is 9.70. The van der Waals surface area contributed by atoms with Crippen LogP contribution in [0.2, 0.25) is 5.15 Å². The van der Waals surface area contributed by atoms with Gasteiger partial charge in [0.25, 0.3) is 5.91 Å². The minimum Gasteiger partial charge on any atom is -0.381 e. The van der Waals surface area contributed by atoms with Crippen LogP contribution in [0.3, 0.4) is 0 Å². The first-order valence-electron chi connectivity index (χ1n) is 5.61. The lowest BCUT2D eigenvalue weighted by Gasteiger charge is -2.34. The van der Waals surface area contributed by atoms with Gasteiger partial charge in [0, 0.05) is 24.9 Å². The van der Waals surface area contributed by atoms with Gasteiger partial charge in [-0.15, -0.1) is 0 Å². The van der Waals surface area contributed by atoms with E-state index in [0.717, 1.165) is 12.8 Å². The maximum atomic E-state index is 12.0. The number of halogens is 1. The van der Waals surface area contributed by atoms with E-state index in [1.165, 1.54) is 6.20 Å². The van der Waals surface area contributed by atoms with Crippen molar-refractivity contribution in [1.29, 1.82) is 0 Å². The quantitative estimate of drug-likeness (QED) is 0.822. The maximum absolute atomic E-state index is 12.0. The van der Waals surface area contributed by atoms with Gasteiger partial charge < -0.3 is 10.1 Å². The summed E-state index contributed by atoms with van der Waals surface area (Å²) in [7, 11) is 0. The Morgan fingerprint density at radius 1 is 1.47 bits per heavy atom. The van der Waals surface area contributed by atoms with Gasteiger partial charge in [0.15, 0.2) is 0 Å². The van der Waals surface area contributed by atoms with Gasteiger partial charge >= 0.3 is 0 Å². The van der Waals surface area contributed by atoms with Gasteiger partial charge in [0.05, 0.1) is 5.56 Å². The molecule has 92 valence electrons. The number of carbonyl (C=O) groups excluding carboxylic acids is 1. The summed E-state index contributed by atoms with van der Waals surface area (Å²) in [6.45, 7) is 3.42. The number of aromatic nitrogens is 1. The molecular formula is C12H15ClN2O2. The van der Waals surface area contributed by atoms with Crippen LogP contribution >= 0.6 is 11.6 Å². The standard InChI is InChI=1S/C12H15ClN2O2/c1-12(4-6-17-7-5-12)15-11(16)9-2-3-10(13)14-8-9/h2-3,8H,4-7H2,1H3,(H,15,16). The van der Waals surface area contributed by atoms with E-state index in [9.17, 15) is 4.79 Å². The van der Waals surface area contributed by atoms with E-state index in [4.69, 9.17) is 16.3 Å². The Labute approximate surface area is 105 Å². The van der Waals surface area contributed by atoms with Gasteiger partial charge in [0.1, 0.15) is 5.15 Å². The second kappa shape index (κ2) is 5.02. The molecule has 1 aliphatic rings. The Morgan fingerprint density at radius 2 is 2.18 bits per heavy atom. The SMILES string of the molecule is CC1(NC(=O)c2ccc(Cl)nc2)CCOCC1. The van der Waals surface area contributed by atoms with Gasteiger partial charge in [-0.2, -0.15) is 0 Å². The van der Waals surface area contributed by atoms with Crippen LogP contribution in [0.4, 0.5) is 0 Å². The molecule has 1 fully saturated rings. The highest BCUT2D eigenvalue weighted by molar-refractivity contribution is 6.29. The lowest BCUT2D eigenvalue weighted by atomic mass is 9.92. The van der Waals surface area contributed by atoms with Crippen molar-refractivity contribution in [2.45, 2.75) is 25.3 Å². The summed E-state index contributed by atoms with van der Waals surface area (Å²) in [6.07, 6.45) is 3.15. The van der Waals surface area contributed by atoms with Crippen LogP contribution < -0.4 is 5.32 Å². The molecule has 1 aromatic heterocycles. The molecular weight excluding hydrogens is 240 g/mol. The fraction of sp³-hybridized carbons (Fsp3) is 0.500. The van der Waals surface area contributed by atoms with Crippen LogP contribution in [0.25, 0.3) is 0 Å². The molecule has 1 aromatic rings. The van der Waals surface area contributed by atoms with Crippen molar-refractivity contribution in [3.05, 3.63) is 29.0 Å². The Kier molecular flexibility index (Phi) is 3.64. The van der Waals surface area contributed by atoms with Gasteiger partial charge in [0.2, 0.25) is 0 Å². The minimum absolute atomic E-state index is 0.112. The first-order valence-corrected chi connectivity index (χ1v) is 5.99. The van der Waals surface area contributed by atoms with Crippen LogP contribution in [0.15, 0.2) is 18.3 Å². The molecule has 1 aliphatic heterocycles. The number of pyridine rings is 1. The molecule has 0 spiro atoms. The fourth-order valence-corrected chi connectivity index (χ4v) is 1.92. The third-order valence-corrected chi connectivity index (χ3v) is 3.22. The molecule has 0 atom stereocenters. The Hall–Kier alpha value is -1.13. The summed E-state index contributed by atoms with van der Waals surface area (Å²) in [4.78, 5) is 15.9. The van der Waals surface area contributed by atoms with Gasteiger partial charge in [-0.1, -0.05) is 11.6 Å². The van der Waals surface area contributed by atoms with Crippen LogP contribution in [0.1, 0.15) is 30.1 Å². The van der Waals surface area contributed by atoms with E-state index in [-0.39, 0.29) is 11.4 Å². The van der Waals surface area contributed by atoms with E-state index < -0.39 is 0 Å². The van der Waals surface area contributed by atoms with Crippen molar-refractivity contribution in [3.8, 4) is 0 Å². The molecule has 0 aromatic carbocycles. The molecule has 5 heteroatoms. The third-order valence-electron chi connectivity index (χ3n) is 3.00. The average Bonchev–Trinajstić information content (AvgIpc) is 2.30. The highest BCUT2D eigenvalue weighted by Crippen LogP contribution is 2.20. The number of hydrogen-bond acceptors (Lipinski definition) is 3. The number of rotatable bonds is 2. The Bertz CT molecular complexity index is 399. The van der Waals surface area contributed by atoms with Crippen molar-refractivity contribution in [3.63, 3.8) is 0 Å². The lowest BCUT2D eigenvalue weighted by Crippen LogP contribution is -2.49. The van der Waals surface area contributed by atoms with Crippen LogP contribution in [0.5, 0.6) is 0 Å². The van der Waals surface area contributed by atoms with E-state index >= 15 is 0 Å². The smallest absolute Gasteiger partial charge is 0.253 e. The zero-order valence-corrected chi connectivity index (χ0v) is 10.5. The summed E-state index contributed by atoms with van der Waals surface area (Å²) in [6, 6.07) is 3.29. The molecule has 17 heavy (non-hydrogen) atoms. The minimum atomic E-state index is -0.186. The molecule has 0 bridgehead atoms. The molecule has 0 aliphatic carbocycles. The molecule has 0 radical (unpaired) electrons. The summed E-state index contributed by atoms with van der Waals surface area (Å²) in [5, 5.41) is 3.42. The van der Waals surface area contributed by atoms with Crippen LogP contribution in [-0.2, 0) is 4.74 Å². The van der Waals surface area contributed by atoms with Gasteiger partial charge in [-0.3, -0.25) is 4.79 Å². The van der Waals surface area contributed by atoms with Crippen molar-refractivity contribution >= 4 is 17.5 Å². The Balaban J connectivity index is 2.03. The number of hydrogen-bond donors (Lipinski definition) is 1. The normalized spacial score (nSPS) is 18.7. The molecule has 0 saturated carbocycles. The van der Waals surface area contributed by atoms with E-state index in [2.05, 4.69) is 10.3 Å². The fourth-order valence-electron chi connectivity index (χ4n) is 1.80. The monoisotopic (exact) mass is 254 g/mol. The van der Waals surface area contributed by atoms with Crippen molar-refractivity contribution in [1.82, 2.24) is 10.3 Å². The number of nitrogens with one attached hydrogen (secondary N) is 1. The van der Waals surface area contributed by atoms with E-state index in [1.807, 2.05) is 6.92 Å². The highest BCUT2D eigenvalue weighted by atomic mass is 35.5. The first-order chi connectivity index (χ1) is 8.09. The van der Waals surface area contributed by atoms with Gasteiger partial charge in [-0.05, 0) is 31.9 Å². The summed E-state index contributed by atoms with van der Waals surface area (Å²) in [5.74, 6) is -0.112. The first kappa shape index (κ1) is 12.3. The second-order valence-electron chi connectivity index (χ2n) is 4.50. The predicted molar refractivity (Wildman–Crippen MR) is 65.2 cm³/mol. The maximum Gasteiger partial charge on any atom is 0.253 e. The van der Waals surface area contributed by atoms with E-state index in [1.54, 1.807) is 12.1 Å². The summed E-state index contributed by atoms with van der Waals surface area (Å²) < 4.78 is 5.29. The highest BCUT2D eigenvalue weighted by Gasteiger charge is 2.29. The largest absolute Gasteiger partial charge is 0.381 e. The van der Waals surface area contributed by atoms with Gasteiger partial charge in [-0.25, -0.2) is 4.98 Å². The van der Waals surface area contributed by atoms with Crippen molar-refractivity contribution in [2.24, 2.45) is 0 Å².